The zero-order valence-electron chi connectivity index (χ0n) is 16.6. The van der Waals surface area contributed by atoms with E-state index in [4.69, 9.17) is 4.74 Å². The number of anilines is 1. The fourth-order valence-electron chi connectivity index (χ4n) is 3.15. The van der Waals surface area contributed by atoms with Gasteiger partial charge >= 0.3 is 0 Å². The van der Waals surface area contributed by atoms with Gasteiger partial charge in [0.1, 0.15) is 5.75 Å². The van der Waals surface area contributed by atoms with Crippen LogP contribution in [0.5, 0.6) is 5.75 Å². The number of benzene rings is 3. The first kappa shape index (κ1) is 20.7. The van der Waals surface area contributed by atoms with Crippen molar-refractivity contribution < 1.29 is 19.1 Å². The number of nitrogens with one attached hydrogen (secondary N) is 1. The highest BCUT2D eigenvalue weighted by molar-refractivity contribution is 8.14. The van der Waals surface area contributed by atoms with E-state index >= 15 is 0 Å². The molecule has 1 aliphatic heterocycles. The number of ether oxygens (including phenoxy) is 1. The van der Waals surface area contributed by atoms with Gasteiger partial charge in [0.25, 0.3) is 11.1 Å². The van der Waals surface area contributed by atoms with Crippen LogP contribution >= 0.6 is 11.8 Å². The molecule has 4 rings (SSSR count). The van der Waals surface area contributed by atoms with Gasteiger partial charge in [-0.15, -0.1) is 0 Å². The van der Waals surface area contributed by atoms with E-state index in [-0.39, 0.29) is 29.4 Å². The van der Waals surface area contributed by atoms with Gasteiger partial charge in [0, 0.05) is 11.3 Å². The van der Waals surface area contributed by atoms with Crippen LogP contribution in [0, 0.1) is 0 Å². The van der Waals surface area contributed by atoms with Crippen LogP contribution in [0.1, 0.15) is 17.2 Å². The Labute approximate surface area is 184 Å². The predicted octanol–water partition coefficient (Wildman–Crippen LogP) is 4.64. The standard InChI is InChI=1S/C24H20N2O4S/c27-21-16-31-24(29)26(21)15-17-11-13-19(14-12-17)25-23(28)22(18-7-3-1-4-8-18)30-20-9-5-2-6-10-20/h1-14,22H,15-16H2,(H,25,28). The van der Waals surface area contributed by atoms with Crippen molar-refractivity contribution in [1.82, 2.24) is 4.90 Å². The predicted molar refractivity (Wildman–Crippen MR) is 120 cm³/mol. The smallest absolute Gasteiger partial charge is 0.289 e. The molecular weight excluding hydrogens is 412 g/mol. The molecule has 0 spiro atoms. The minimum Gasteiger partial charge on any atom is -0.476 e. The lowest BCUT2D eigenvalue weighted by Crippen LogP contribution is -2.28. The van der Waals surface area contributed by atoms with Gasteiger partial charge < -0.3 is 10.1 Å². The van der Waals surface area contributed by atoms with Crippen molar-refractivity contribution in [2.75, 3.05) is 11.1 Å². The molecule has 1 fully saturated rings. The fraction of sp³-hybridized carbons (Fsp3) is 0.125. The highest BCUT2D eigenvalue weighted by Crippen LogP contribution is 2.25. The molecule has 1 heterocycles. The maximum Gasteiger partial charge on any atom is 0.289 e. The maximum absolute atomic E-state index is 13.0. The average Bonchev–Trinajstić information content (AvgIpc) is 3.12. The summed E-state index contributed by atoms with van der Waals surface area (Å²) in [6, 6.07) is 25.5. The molecule has 0 radical (unpaired) electrons. The van der Waals surface area contributed by atoms with Crippen molar-refractivity contribution in [1.29, 1.82) is 0 Å². The average molecular weight is 433 g/mol. The molecular formula is C24H20N2O4S. The quantitative estimate of drug-likeness (QED) is 0.589. The van der Waals surface area contributed by atoms with E-state index in [1.165, 1.54) is 4.90 Å². The molecule has 1 atom stereocenters. The molecule has 1 aliphatic rings. The topological polar surface area (TPSA) is 75.7 Å². The van der Waals surface area contributed by atoms with E-state index in [0.717, 1.165) is 22.9 Å². The van der Waals surface area contributed by atoms with Crippen molar-refractivity contribution in [3.63, 3.8) is 0 Å². The van der Waals surface area contributed by atoms with E-state index in [0.29, 0.717) is 11.4 Å². The van der Waals surface area contributed by atoms with Gasteiger partial charge in [-0.3, -0.25) is 19.3 Å². The number of thioether (sulfide) groups is 1. The molecule has 6 nitrogen and oxygen atoms in total. The zero-order chi connectivity index (χ0) is 21.6. The summed E-state index contributed by atoms with van der Waals surface area (Å²) in [4.78, 5) is 37.8. The number of hydrogen-bond acceptors (Lipinski definition) is 5. The number of carbonyl (C=O) groups excluding carboxylic acids is 3. The van der Waals surface area contributed by atoms with E-state index < -0.39 is 6.10 Å². The second-order valence-corrected chi connectivity index (χ2v) is 7.87. The van der Waals surface area contributed by atoms with Crippen LogP contribution in [0.2, 0.25) is 0 Å². The highest BCUT2D eigenvalue weighted by atomic mass is 32.2. The van der Waals surface area contributed by atoms with E-state index in [1.807, 2.05) is 48.5 Å². The second-order valence-electron chi connectivity index (χ2n) is 6.94. The highest BCUT2D eigenvalue weighted by Gasteiger charge is 2.29. The summed E-state index contributed by atoms with van der Waals surface area (Å²) < 4.78 is 5.97. The summed E-state index contributed by atoms with van der Waals surface area (Å²) in [7, 11) is 0. The third-order valence-electron chi connectivity index (χ3n) is 4.74. The van der Waals surface area contributed by atoms with E-state index in [9.17, 15) is 14.4 Å². The second kappa shape index (κ2) is 9.49. The number of nitrogens with zero attached hydrogens (tertiary/aromatic N) is 1. The van der Waals surface area contributed by atoms with Gasteiger partial charge in [0.15, 0.2) is 0 Å². The summed E-state index contributed by atoms with van der Waals surface area (Å²) in [5.74, 6) is 0.301. The van der Waals surface area contributed by atoms with Crippen molar-refractivity contribution >= 4 is 34.5 Å². The zero-order valence-corrected chi connectivity index (χ0v) is 17.4. The van der Waals surface area contributed by atoms with Crippen molar-refractivity contribution in [3.8, 4) is 5.75 Å². The van der Waals surface area contributed by atoms with Crippen molar-refractivity contribution in [3.05, 3.63) is 96.1 Å². The van der Waals surface area contributed by atoms with Gasteiger partial charge in [-0.2, -0.15) is 0 Å². The summed E-state index contributed by atoms with van der Waals surface area (Å²) in [5.41, 5.74) is 2.14. The van der Waals surface area contributed by atoms with Gasteiger partial charge in [-0.25, -0.2) is 0 Å². The van der Waals surface area contributed by atoms with E-state index in [2.05, 4.69) is 5.32 Å². The van der Waals surface area contributed by atoms with Crippen LogP contribution in [0.15, 0.2) is 84.9 Å². The molecule has 156 valence electrons. The van der Waals surface area contributed by atoms with Gasteiger partial charge in [-0.1, -0.05) is 72.4 Å². The van der Waals surface area contributed by atoms with E-state index in [1.54, 1.807) is 36.4 Å². The molecule has 0 bridgehead atoms. The molecule has 1 N–H and O–H groups in total. The Morgan fingerprint density at radius 3 is 2.19 bits per heavy atom. The Kier molecular flexibility index (Phi) is 6.33. The lowest BCUT2D eigenvalue weighted by atomic mass is 10.1. The number of para-hydroxylation sites is 1. The molecule has 3 aromatic carbocycles. The first-order valence-corrected chi connectivity index (χ1v) is 10.7. The Bertz CT molecular complexity index is 1060. The lowest BCUT2D eigenvalue weighted by Gasteiger charge is -2.19. The lowest BCUT2D eigenvalue weighted by molar-refractivity contribution is -0.125. The van der Waals surface area contributed by atoms with Crippen LogP contribution in [-0.4, -0.2) is 27.7 Å². The minimum absolute atomic E-state index is 0.184. The van der Waals surface area contributed by atoms with Gasteiger partial charge in [0.2, 0.25) is 12.0 Å². The first-order valence-electron chi connectivity index (χ1n) is 9.74. The molecule has 1 unspecified atom stereocenters. The molecule has 3 aromatic rings. The van der Waals surface area contributed by atoms with Crippen LogP contribution in [-0.2, 0) is 16.1 Å². The third kappa shape index (κ3) is 5.13. The summed E-state index contributed by atoms with van der Waals surface area (Å²) in [6.07, 6.45) is -0.819. The van der Waals surface area contributed by atoms with Crippen LogP contribution in [0.25, 0.3) is 0 Å². The Balaban J connectivity index is 1.46. The monoisotopic (exact) mass is 432 g/mol. The third-order valence-corrected chi connectivity index (χ3v) is 5.60. The Morgan fingerprint density at radius 1 is 0.935 bits per heavy atom. The molecule has 0 aromatic heterocycles. The number of rotatable bonds is 7. The molecule has 0 saturated carbocycles. The number of imide groups is 1. The number of amides is 3. The normalized spacial score (nSPS) is 14.4. The molecule has 7 heteroatoms. The fourth-order valence-corrected chi connectivity index (χ4v) is 3.88. The Hall–Kier alpha value is -3.58. The number of carbonyl (C=O) groups is 3. The van der Waals surface area contributed by atoms with Crippen LogP contribution in [0.4, 0.5) is 10.5 Å². The number of hydrogen-bond donors (Lipinski definition) is 1. The van der Waals surface area contributed by atoms with Crippen LogP contribution < -0.4 is 10.1 Å². The molecule has 0 aliphatic carbocycles. The molecule has 3 amide bonds. The first-order chi connectivity index (χ1) is 15.1. The van der Waals surface area contributed by atoms with Gasteiger partial charge in [0.05, 0.1) is 12.3 Å². The Morgan fingerprint density at radius 2 is 1.58 bits per heavy atom. The SMILES string of the molecule is O=C(Nc1ccc(CN2C(=O)CSC2=O)cc1)C(Oc1ccccc1)c1ccccc1. The molecule has 31 heavy (non-hydrogen) atoms. The van der Waals surface area contributed by atoms with Crippen molar-refractivity contribution in [2.45, 2.75) is 12.6 Å². The van der Waals surface area contributed by atoms with Crippen LogP contribution in [0.3, 0.4) is 0 Å². The van der Waals surface area contributed by atoms with Gasteiger partial charge in [-0.05, 0) is 29.8 Å². The minimum atomic E-state index is -0.819. The summed E-state index contributed by atoms with van der Waals surface area (Å²) in [5, 5.41) is 2.65. The van der Waals surface area contributed by atoms with Crippen molar-refractivity contribution in [2.24, 2.45) is 0 Å². The molecule has 1 saturated heterocycles. The maximum atomic E-state index is 13.0. The largest absolute Gasteiger partial charge is 0.476 e. The summed E-state index contributed by atoms with van der Waals surface area (Å²) >= 11 is 1.01. The summed E-state index contributed by atoms with van der Waals surface area (Å²) in [6.45, 7) is 0.225.